The van der Waals surface area contributed by atoms with E-state index in [1.807, 2.05) is 13.8 Å². The van der Waals surface area contributed by atoms with Crippen molar-refractivity contribution >= 4 is 5.97 Å². The molecule has 0 aromatic heterocycles. The zero-order valence-electron chi connectivity index (χ0n) is 14.1. The number of aliphatic hydroxyl groups excluding tert-OH is 2. The summed E-state index contributed by atoms with van der Waals surface area (Å²) in [6.07, 6.45) is 3.31. The smallest absolute Gasteiger partial charge is 0.302 e. The molecular formula is C15H34O6. The summed E-state index contributed by atoms with van der Waals surface area (Å²) in [4.78, 5) is 10.2. The quantitative estimate of drug-likeness (QED) is 0.472. The minimum atomic E-state index is -0.175. The fourth-order valence-electron chi connectivity index (χ4n) is 1.00. The van der Waals surface area contributed by atoms with E-state index in [2.05, 4.69) is 11.7 Å². The Kier molecular flexibility index (Phi) is 33.2. The molecule has 0 bridgehead atoms. The van der Waals surface area contributed by atoms with Gasteiger partial charge in [0.15, 0.2) is 0 Å². The van der Waals surface area contributed by atoms with E-state index < -0.39 is 0 Å². The summed E-state index contributed by atoms with van der Waals surface area (Å²) >= 11 is 0. The topological polar surface area (TPSA) is 85.2 Å². The van der Waals surface area contributed by atoms with Crippen molar-refractivity contribution in [2.75, 3.05) is 46.2 Å². The fraction of sp³-hybridized carbons (Fsp3) is 0.933. The van der Waals surface area contributed by atoms with Crippen molar-refractivity contribution in [2.45, 2.75) is 47.0 Å². The van der Waals surface area contributed by atoms with Crippen LogP contribution in [0.2, 0.25) is 0 Å². The van der Waals surface area contributed by atoms with Crippen LogP contribution in [0.25, 0.3) is 0 Å². The average Bonchev–Trinajstić information content (AvgIpc) is 2.46. The first-order chi connectivity index (χ1) is 10.1. The molecule has 0 unspecified atom stereocenters. The molecule has 6 heteroatoms. The van der Waals surface area contributed by atoms with E-state index in [-0.39, 0.29) is 19.2 Å². The van der Waals surface area contributed by atoms with Gasteiger partial charge in [-0.25, -0.2) is 0 Å². The van der Waals surface area contributed by atoms with Crippen molar-refractivity contribution in [3.63, 3.8) is 0 Å². The molecule has 0 fully saturated rings. The number of ether oxygens (including phenoxy) is 3. The van der Waals surface area contributed by atoms with Crippen molar-refractivity contribution in [2.24, 2.45) is 0 Å². The minimum absolute atomic E-state index is 0.0278. The monoisotopic (exact) mass is 310 g/mol. The van der Waals surface area contributed by atoms with E-state index in [9.17, 15) is 4.79 Å². The summed E-state index contributed by atoms with van der Waals surface area (Å²) in [5.41, 5.74) is 0. The third kappa shape index (κ3) is 45.2. The summed E-state index contributed by atoms with van der Waals surface area (Å²) in [6.45, 7) is 10.5. The number of hydrogen-bond acceptors (Lipinski definition) is 6. The zero-order chi connectivity index (χ0) is 16.8. The molecule has 0 saturated heterocycles. The summed E-state index contributed by atoms with van der Waals surface area (Å²) in [7, 11) is 0. The molecule has 0 aliphatic rings. The molecule has 0 aliphatic carbocycles. The molecule has 6 nitrogen and oxygen atoms in total. The Morgan fingerprint density at radius 2 is 1.38 bits per heavy atom. The van der Waals surface area contributed by atoms with Crippen molar-refractivity contribution in [3.05, 3.63) is 0 Å². The maximum atomic E-state index is 10.2. The Balaban J connectivity index is -0.000000242. The molecule has 0 heterocycles. The highest BCUT2D eigenvalue weighted by Crippen LogP contribution is 1.93. The maximum absolute atomic E-state index is 10.2. The van der Waals surface area contributed by atoms with Crippen LogP contribution in [0, 0.1) is 0 Å². The van der Waals surface area contributed by atoms with Gasteiger partial charge in [0.05, 0.1) is 33.0 Å². The van der Waals surface area contributed by atoms with Crippen LogP contribution in [0.5, 0.6) is 0 Å². The van der Waals surface area contributed by atoms with Gasteiger partial charge in [0.25, 0.3) is 0 Å². The van der Waals surface area contributed by atoms with Crippen molar-refractivity contribution in [1.29, 1.82) is 0 Å². The van der Waals surface area contributed by atoms with Crippen molar-refractivity contribution < 1.29 is 29.2 Å². The first-order valence-corrected chi connectivity index (χ1v) is 7.61. The highest BCUT2D eigenvalue weighted by molar-refractivity contribution is 5.65. The van der Waals surface area contributed by atoms with Crippen LogP contribution in [0.1, 0.15) is 47.0 Å². The van der Waals surface area contributed by atoms with Crippen LogP contribution in [0.15, 0.2) is 0 Å². The minimum Gasteiger partial charge on any atom is -0.466 e. The van der Waals surface area contributed by atoms with Gasteiger partial charge in [-0.15, -0.1) is 0 Å². The van der Waals surface area contributed by atoms with E-state index >= 15 is 0 Å². The summed E-state index contributed by atoms with van der Waals surface area (Å²) in [5, 5.41) is 16.2. The lowest BCUT2D eigenvalue weighted by molar-refractivity contribution is -0.141. The molecular weight excluding hydrogens is 276 g/mol. The average molecular weight is 310 g/mol. The number of aliphatic hydroxyl groups is 2. The molecule has 0 amide bonds. The van der Waals surface area contributed by atoms with E-state index in [0.29, 0.717) is 19.8 Å². The molecule has 130 valence electrons. The van der Waals surface area contributed by atoms with E-state index in [0.717, 1.165) is 26.1 Å². The molecule has 0 radical (unpaired) electrons. The number of esters is 1. The Labute approximate surface area is 129 Å². The zero-order valence-corrected chi connectivity index (χ0v) is 14.1. The molecule has 0 rings (SSSR count). The highest BCUT2D eigenvalue weighted by Gasteiger charge is 1.89. The Morgan fingerprint density at radius 3 is 1.67 bits per heavy atom. The van der Waals surface area contributed by atoms with Gasteiger partial charge in [-0.2, -0.15) is 0 Å². The van der Waals surface area contributed by atoms with E-state index in [1.165, 1.54) is 13.3 Å². The van der Waals surface area contributed by atoms with Crippen molar-refractivity contribution in [1.82, 2.24) is 0 Å². The molecule has 21 heavy (non-hydrogen) atoms. The third-order valence-corrected chi connectivity index (χ3v) is 1.93. The SMILES string of the molecule is CCCCCOC(C)=O.CCOCC.OCCOCCO. The number of rotatable bonds is 10. The fourth-order valence-corrected chi connectivity index (χ4v) is 1.00. The van der Waals surface area contributed by atoms with Crippen LogP contribution < -0.4 is 0 Å². The normalized spacial score (nSPS) is 9.05. The number of unbranched alkanes of at least 4 members (excludes halogenated alkanes) is 2. The van der Waals surface area contributed by atoms with Gasteiger partial charge in [0.1, 0.15) is 0 Å². The van der Waals surface area contributed by atoms with Crippen LogP contribution >= 0.6 is 0 Å². The van der Waals surface area contributed by atoms with Gasteiger partial charge in [-0.1, -0.05) is 19.8 Å². The standard InChI is InChI=1S/C7H14O2.C4H10O3.C4H10O/c1-3-4-5-6-9-7(2)8;5-1-3-7-4-2-6;1-3-5-4-2/h3-6H2,1-2H3;5-6H,1-4H2;3-4H2,1-2H3. The van der Waals surface area contributed by atoms with Crippen LogP contribution in [0.3, 0.4) is 0 Å². The molecule has 0 aliphatic heterocycles. The van der Waals surface area contributed by atoms with Gasteiger partial charge in [0, 0.05) is 20.1 Å². The second-order valence-electron chi connectivity index (χ2n) is 3.89. The Morgan fingerprint density at radius 1 is 0.857 bits per heavy atom. The highest BCUT2D eigenvalue weighted by atomic mass is 16.5. The third-order valence-electron chi connectivity index (χ3n) is 1.93. The predicted octanol–water partition coefficient (Wildman–Crippen LogP) is 1.77. The first-order valence-electron chi connectivity index (χ1n) is 7.61. The Hall–Kier alpha value is -0.690. The molecule has 2 N–H and O–H groups in total. The van der Waals surface area contributed by atoms with Gasteiger partial charge in [-0.3, -0.25) is 4.79 Å². The second-order valence-corrected chi connectivity index (χ2v) is 3.89. The van der Waals surface area contributed by atoms with Crippen LogP contribution in [0.4, 0.5) is 0 Å². The number of carbonyl (C=O) groups excluding carboxylic acids is 1. The largest absolute Gasteiger partial charge is 0.466 e. The number of carbonyl (C=O) groups is 1. The molecule has 0 aromatic carbocycles. The molecule has 0 atom stereocenters. The lowest BCUT2D eigenvalue weighted by Gasteiger charge is -1.98. The lowest BCUT2D eigenvalue weighted by atomic mass is 10.3. The predicted molar refractivity (Wildman–Crippen MR) is 83.3 cm³/mol. The lowest BCUT2D eigenvalue weighted by Crippen LogP contribution is -2.03. The molecule has 0 spiro atoms. The van der Waals surface area contributed by atoms with Gasteiger partial charge in [0.2, 0.25) is 0 Å². The number of hydrogen-bond donors (Lipinski definition) is 2. The summed E-state index contributed by atoms with van der Waals surface area (Å²) < 4.78 is 14.2. The maximum Gasteiger partial charge on any atom is 0.302 e. The van der Waals surface area contributed by atoms with Crippen molar-refractivity contribution in [3.8, 4) is 0 Å². The van der Waals surface area contributed by atoms with Gasteiger partial charge < -0.3 is 24.4 Å². The Bertz CT molecular complexity index is 170. The van der Waals surface area contributed by atoms with Gasteiger partial charge >= 0.3 is 5.97 Å². The van der Waals surface area contributed by atoms with Gasteiger partial charge in [-0.05, 0) is 20.3 Å². The summed E-state index contributed by atoms with van der Waals surface area (Å²) in [6, 6.07) is 0. The molecule has 0 saturated carbocycles. The molecule has 0 aromatic rings. The second kappa shape index (κ2) is 27.6. The first kappa shape index (κ1) is 25.3. The van der Waals surface area contributed by atoms with E-state index in [4.69, 9.17) is 19.7 Å². The van der Waals surface area contributed by atoms with Crippen LogP contribution in [-0.2, 0) is 19.0 Å². The van der Waals surface area contributed by atoms with Crippen LogP contribution in [-0.4, -0.2) is 62.4 Å². The van der Waals surface area contributed by atoms with E-state index in [1.54, 1.807) is 0 Å². The summed E-state index contributed by atoms with van der Waals surface area (Å²) in [5.74, 6) is -0.175.